The summed E-state index contributed by atoms with van der Waals surface area (Å²) in [6.45, 7) is 1.77. The van der Waals surface area contributed by atoms with E-state index in [9.17, 15) is 4.79 Å². The first-order chi connectivity index (χ1) is 12.6. The van der Waals surface area contributed by atoms with E-state index in [2.05, 4.69) is 20.3 Å². The van der Waals surface area contributed by atoms with Crippen LogP contribution in [0.3, 0.4) is 0 Å². The minimum Gasteiger partial charge on any atom is -0.399 e. The highest BCUT2D eigenvalue weighted by atomic mass is 35.5. The molecule has 3 aromatic rings. The minimum atomic E-state index is -0.219. The van der Waals surface area contributed by atoms with Crippen molar-refractivity contribution in [2.24, 2.45) is 5.16 Å². The lowest BCUT2D eigenvalue weighted by Gasteiger charge is -2.11. The van der Waals surface area contributed by atoms with Crippen LogP contribution in [0.2, 0.25) is 4.47 Å². The second kappa shape index (κ2) is 8.12. The predicted molar refractivity (Wildman–Crippen MR) is 106 cm³/mol. The number of aryl methyl sites for hydroxylation is 1. The van der Waals surface area contributed by atoms with Gasteiger partial charge in [-0.2, -0.15) is 0 Å². The van der Waals surface area contributed by atoms with E-state index in [0.717, 1.165) is 22.4 Å². The molecule has 5 nitrogen and oxygen atoms in total. The molecule has 0 aliphatic rings. The summed E-state index contributed by atoms with van der Waals surface area (Å²) >= 11 is 7.07. The average Bonchev–Trinajstić information content (AvgIpc) is 2.99. The Morgan fingerprint density at radius 1 is 1.23 bits per heavy atom. The fourth-order valence-electron chi connectivity index (χ4n) is 2.46. The number of oxime groups is 1. The number of hydrogen-bond donors (Lipinski definition) is 1. The molecule has 0 spiro atoms. The summed E-state index contributed by atoms with van der Waals surface area (Å²) in [7, 11) is 1.50. The molecule has 7 heteroatoms. The van der Waals surface area contributed by atoms with Crippen molar-refractivity contribution in [1.29, 1.82) is 0 Å². The van der Waals surface area contributed by atoms with Gasteiger partial charge in [-0.25, -0.2) is 4.98 Å². The Labute approximate surface area is 160 Å². The van der Waals surface area contributed by atoms with Crippen LogP contribution in [0, 0.1) is 6.92 Å². The number of thiazole rings is 1. The first-order valence-electron chi connectivity index (χ1n) is 7.78. The Hall–Kier alpha value is -2.70. The molecule has 0 fully saturated rings. The number of aromatic nitrogens is 1. The fraction of sp³-hybridized carbons (Fsp3) is 0.105. The highest BCUT2D eigenvalue weighted by Gasteiger charge is 2.16. The van der Waals surface area contributed by atoms with E-state index in [0.29, 0.717) is 15.0 Å². The van der Waals surface area contributed by atoms with E-state index in [-0.39, 0.29) is 5.91 Å². The van der Waals surface area contributed by atoms with Gasteiger partial charge >= 0.3 is 0 Å². The highest BCUT2D eigenvalue weighted by molar-refractivity contribution is 7.17. The van der Waals surface area contributed by atoms with Crippen LogP contribution >= 0.6 is 22.9 Å². The first-order valence-corrected chi connectivity index (χ1v) is 8.98. The Kier molecular flexibility index (Phi) is 5.65. The van der Waals surface area contributed by atoms with Crippen molar-refractivity contribution in [3.63, 3.8) is 0 Å². The van der Waals surface area contributed by atoms with Gasteiger partial charge in [-0.1, -0.05) is 70.6 Å². The molecule has 3 rings (SSSR count). The molecular formula is C19H16ClN3O2S. The summed E-state index contributed by atoms with van der Waals surface area (Å²) in [6, 6.07) is 15.4. The van der Waals surface area contributed by atoms with Crippen LogP contribution in [0.1, 0.15) is 20.9 Å². The van der Waals surface area contributed by atoms with E-state index in [1.807, 2.05) is 48.5 Å². The van der Waals surface area contributed by atoms with Crippen LogP contribution in [0.25, 0.3) is 11.1 Å². The third-order valence-corrected chi connectivity index (χ3v) is 4.94. The fourth-order valence-corrected chi connectivity index (χ4v) is 3.51. The first kappa shape index (κ1) is 18.1. The molecule has 0 unspecified atom stereocenters. The number of amides is 1. The zero-order valence-electron chi connectivity index (χ0n) is 14.2. The van der Waals surface area contributed by atoms with Crippen LogP contribution in [0.4, 0.5) is 5.69 Å². The number of carbonyl (C=O) groups excluding carboxylic acids is 1. The Bertz CT molecular complexity index is 952. The van der Waals surface area contributed by atoms with Crippen LogP contribution in [-0.2, 0) is 4.84 Å². The Morgan fingerprint density at radius 2 is 1.96 bits per heavy atom. The quantitative estimate of drug-likeness (QED) is 0.496. The molecule has 0 aliphatic heterocycles. The van der Waals surface area contributed by atoms with Gasteiger partial charge in [0.1, 0.15) is 12.0 Å². The van der Waals surface area contributed by atoms with Crippen molar-refractivity contribution >= 4 is 40.7 Å². The van der Waals surface area contributed by atoms with E-state index in [1.165, 1.54) is 18.4 Å². The van der Waals surface area contributed by atoms with Gasteiger partial charge in [0.05, 0.1) is 11.9 Å². The van der Waals surface area contributed by atoms with Crippen molar-refractivity contribution in [1.82, 2.24) is 4.98 Å². The Balaban J connectivity index is 1.87. The standard InChI is InChI=1S/C19H16ClN3O2S/c1-12-17(26-19(20)22-12)18(24)23-16-6-4-3-5-15(16)14-9-7-13(8-10-14)11-21-25-2/h3-11H,1-2H3,(H,23,24)/b21-11+. The maximum absolute atomic E-state index is 12.6. The molecule has 0 aliphatic carbocycles. The number of nitrogens with one attached hydrogen (secondary N) is 1. The van der Waals surface area contributed by atoms with Gasteiger partial charge in [-0.15, -0.1) is 0 Å². The molecule has 26 heavy (non-hydrogen) atoms. The number of anilines is 1. The smallest absolute Gasteiger partial charge is 0.267 e. The molecule has 1 aromatic heterocycles. The lowest BCUT2D eigenvalue weighted by Crippen LogP contribution is -2.12. The van der Waals surface area contributed by atoms with Crippen molar-refractivity contribution in [2.75, 3.05) is 12.4 Å². The number of para-hydroxylation sites is 1. The third-order valence-electron chi connectivity index (χ3n) is 3.68. The summed E-state index contributed by atoms with van der Waals surface area (Å²) in [5.74, 6) is -0.219. The largest absolute Gasteiger partial charge is 0.399 e. The van der Waals surface area contributed by atoms with Gasteiger partial charge in [0.2, 0.25) is 0 Å². The molecule has 0 saturated heterocycles. The van der Waals surface area contributed by atoms with Crippen molar-refractivity contribution in [3.05, 3.63) is 69.1 Å². The SMILES string of the molecule is CO/N=C/c1ccc(-c2ccccc2NC(=O)c2sc(Cl)nc2C)cc1. The van der Waals surface area contributed by atoms with Crippen molar-refractivity contribution < 1.29 is 9.63 Å². The summed E-state index contributed by atoms with van der Waals surface area (Å²) < 4.78 is 0.356. The molecule has 0 radical (unpaired) electrons. The molecule has 1 N–H and O–H groups in total. The minimum absolute atomic E-state index is 0.219. The molecule has 132 valence electrons. The van der Waals surface area contributed by atoms with E-state index in [4.69, 9.17) is 11.6 Å². The molecule has 0 atom stereocenters. The second-order valence-corrected chi connectivity index (χ2v) is 7.00. The number of rotatable bonds is 5. The van der Waals surface area contributed by atoms with E-state index < -0.39 is 0 Å². The van der Waals surface area contributed by atoms with Crippen LogP contribution < -0.4 is 5.32 Å². The van der Waals surface area contributed by atoms with Gasteiger partial charge < -0.3 is 10.2 Å². The number of carbonyl (C=O) groups is 1. The predicted octanol–water partition coefficient (Wildman–Crippen LogP) is 5.00. The van der Waals surface area contributed by atoms with Crippen molar-refractivity contribution in [3.8, 4) is 11.1 Å². The lowest BCUT2D eigenvalue weighted by atomic mass is 10.0. The molecule has 0 saturated carbocycles. The van der Waals surface area contributed by atoms with Crippen LogP contribution in [-0.4, -0.2) is 24.2 Å². The molecule has 1 heterocycles. The number of benzene rings is 2. The number of nitrogens with zero attached hydrogens (tertiary/aromatic N) is 2. The van der Waals surface area contributed by atoms with Gasteiger partial charge in [0.15, 0.2) is 4.47 Å². The topological polar surface area (TPSA) is 63.6 Å². The average molecular weight is 386 g/mol. The molecular weight excluding hydrogens is 370 g/mol. The zero-order chi connectivity index (χ0) is 18.5. The number of hydrogen-bond acceptors (Lipinski definition) is 5. The van der Waals surface area contributed by atoms with E-state index in [1.54, 1.807) is 13.1 Å². The maximum atomic E-state index is 12.6. The van der Waals surface area contributed by atoms with Gasteiger partial charge in [0, 0.05) is 11.3 Å². The Morgan fingerprint density at radius 3 is 2.62 bits per heavy atom. The second-order valence-electron chi connectivity index (χ2n) is 5.42. The lowest BCUT2D eigenvalue weighted by molar-refractivity contribution is 0.103. The van der Waals surface area contributed by atoms with Gasteiger partial charge in [0.25, 0.3) is 5.91 Å². The highest BCUT2D eigenvalue weighted by Crippen LogP contribution is 2.29. The third kappa shape index (κ3) is 4.09. The van der Waals surface area contributed by atoms with Crippen LogP contribution in [0.15, 0.2) is 53.7 Å². The summed E-state index contributed by atoms with van der Waals surface area (Å²) in [5.41, 5.74) is 4.17. The van der Waals surface area contributed by atoms with E-state index >= 15 is 0 Å². The maximum Gasteiger partial charge on any atom is 0.267 e. The monoisotopic (exact) mass is 385 g/mol. The van der Waals surface area contributed by atoms with Crippen LogP contribution in [0.5, 0.6) is 0 Å². The van der Waals surface area contributed by atoms with Gasteiger partial charge in [-0.05, 0) is 24.1 Å². The number of halogens is 1. The normalized spacial score (nSPS) is 10.9. The zero-order valence-corrected chi connectivity index (χ0v) is 15.8. The molecule has 2 aromatic carbocycles. The van der Waals surface area contributed by atoms with Gasteiger partial charge in [-0.3, -0.25) is 4.79 Å². The molecule has 1 amide bonds. The summed E-state index contributed by atoms with van der Waals surface area (Å²) in [5, 5.41) is 6.70. The summed E-state index contributed by atoms with van der Waals surface area (Å²) in [4.78, 5) is 21.9. The summed E-state index contributed by atoms with van der Waals surface area (Å²) in [6.07, 6.45) is 1.63. The van der Waals surface area contributed by atoms with Crippen molar-refractivity contribution in [2.45, 2.75) is 6.92 Å². The molecule has 0 bridgehead atoms.